The van der Waals surface area contributed by atoms with Crippen molar-refractivity contribution in [1.29, 1.82) is 0 Å². The van der Waals surface area contributed by atoms with Gasteiger partial charge < -0.3 is 15.2 Å². The third-order valence-corrected chi connectivity index (χ3v) is 4.08. The SMILES string of the molecule is c1cc(CNC2CCN3CCCC3C2)c[nH]1. The van der Waals surface area contributed by atoms with Crippen LogP contribution in [0.4, 0.5) is 0 Å². The number of fused-ring (bicyclic) bond motifs is 1. The molecule has 3 nitrogen and oxygen atoms in total. The molecule has 0 amide bonds. The van der Waals surface area contributed by atoms with Crippen molar-refractivity contribution in [3.63, 3.8) is 0 Å². The van der Waals surface area contributed by atoms with Crippen LogP contribution >= 0.6 is 0 Å². The van der Waals surface area contributed by atoms with Gasteiger partial charge in [0.15, 0.2) is 0 Å². The Bertz CT molecular complexity index is 320. The first-order valence-electron chi connectivity index (χ1n) is 6.51. The van der Waals surface area contributed by atoms with Crippen molar-refractivity contribution in [3.8, 4) is 0 Å². The Hall–Kier alpha value is -0.800. The van der Waals surface area contributed by atoms with E-state index in [4.69, 9.17) is 0 Å². The van der Waals surface area contributed by atoms with E-state index in [2.05, 4.69) is 27.5 Å². The van der Waals surface area contributed by atoms with Crippen LogP contribution < -0.4 is 5.32 Å². The van der Waals surface area contributed by atoms with Crippen LogP contribution in [0.3, 0.4) is 0 Å². The quantitative estimate of drug-likeness (QED) is 0.811. The molecular formula is C13H21N3. The van der Waals surface area contributed by atoms with Crippen LogP contribution in [0.25, 0.3) is 0 Å². The van der Waals surface area contributed by atoms with E-state index in [1.807, 2.05) is 6.20 Å². The minimum atomic E-state index is 0.731. The standard InChI is InChI=1S/C13H21N3/c1-2-13-8-12(4-7-16(13)6-1)15-10-11-3-5-14-9-11/h3,5,9,12-15H,1-2,4,6-8,10H2. The van der Waals surface area contributed by atoms with E-state index in [0.29, 0.717) is 0 Å². The molecule has 0 spiro atoms. The molecule has 2 unspecified atom stereocenters. The minimum Gasteiger partial charge on any atom is -0.367 e. The van der Waals surface area contributed by atoms with Crippen molar-refractivity contribution in [1.82, 2.24) is 15.2 Å². The van der Waals surface area contributed by atoms with E-state index < -0.39 is 0 Å². The van der Waals surface area contributed by atoms with Gasteiger partial charge in [-0.15, -0.1) is 0 Å². The maximum absolute atomic E-state index is 3.69. The van der Waals surface area contributed by atoms with Crippen LogP contribution in [-0.2, 0) is 6.54 Å². The molecule has 3 rings (SSSR count). The third kappa shape index (κ3) is 2.15. The molecule has 2 saturated heterocycles. The summed E-state index contributed by atoms with van der Waals surface area (Å²) in [6.07, 6.45) is 9.58. The zero-order valence-corrected chi connectivity index (χ0v) is 9.78. The maximum Gasteiger partial charge on any atom is 0.0223 e. The molecule has 2 aliphatic rings. The van der Waals surface area contributed by atoms with E-state index in [1.165, 1.54) is 44.3 Å². The summed E-state index contributed by atoms with van der Waals surface area (Å²) in [5.41, 5.74) is 1.37. The number of nitrogens with zero attached hydrogens (tertiary/aromatic N) is 1. The molecule has 0 aromatic carbocycles. The molecule has 2 atom stereocenters. The molecular weight excluding hydrogens is 198 g/mol. The molecule has 2 N–H and O–H groups in total. The van der Waals surface area contributed by atoms with Crippen molar-refractivity contribution < 1.29 is 0 Å². The van der Waals surface area contributed by atoms with Crippen LogP contribution in [0.2, 0.25) is 0 Å². The number of rotatable bonds is 3. The fourth-order valence-electron chi connectivity index (χ4n) is 3.14. The highest BCUT2D eigenvalue weighted by Gasteiger charge is 2.31. The zero-order valence-electron chi connectivity index (χ0n) is 9.78. The topological polar surface area (TPSA) is 31.1 Å². The fraction of sp³-hybridized carbons (Fsp3) is 0.692. The van der Waals surface area contributed by atoms with Crippen LogP contribution in [0.1, 0.15) is 31.2 Å². The number of aromatic nitrogens is 1. The van der Waals surface area contributed by atoms with E-state index >= 15 is 0 Å². The number of hydrogen-bond acceptors (Lipinski definition) is 2. The van der Waals surface area contributed by atoms with Crippen molar-refractivity contribution >= 4 is 0 Å². The smallest absolute Gasteiger partial charge is 0.0223 e. The molecule has 0 bridgehead atoms. The lowest BCUT2D eigenvalue weighted by molar-refractivity contribution is 0.166. The second kappa shape index (κ2) is 4.60. The van der Waals surface area contributed by atoms with Gasteiger partial charge in [-0.3, -0.25) is 0 Å². The van der Waals surface area contributed by atoms with E-state index in [9.17, 15) is 0 Å². The summed E-state index contributed by atoms with van der Waals surface area (Å²) in [4.78, 5) is 5.78. The van der Waals surface area contributed by atoms with Gasteiger partial charge in [0.2, 0.25) is 0 Å². The molecule has 88 valence electrons. The second-order valence-corrected chi connectivity index (χ2v) is 5.15. The number of H-pyrrole nitrogens is 1. The summed E-state index contributed by atoms with van der Waals surface area (Å²) in [5.74, 6) is 0. The van der Waals surface area contributed by atoms with Crippen LogP contribution in [0, 0.1) is 0 Å². The first-order chi connectivity index (χ1) is 7.92. The monoisotopic (exact) mass is 219 g/mol. The lowest BCUT2D eigenvalue weighted by atomic mass is 9.97. The zero-order chi connectivity index (χ0) is 10.8. The Morgan fingerprint density at radius 2 is 2.38 bits per heavy atom. The Kier molecular flexibility index (Phi) is 2.98. The largest absolute Gasteiger partial charge is 0.367 e. The second-order valence-electron chi connectivity index (χ2n) is 5.15. The highest BCUT2D eigenvalue weighted by molar-refractivity contribution is 5.08. The molecule has 3 heteroatoms. The number of nitrogens with one attached hydrogen (secondary N) is 2. The molecule has 2 aliphatic heterocycles. The van der Waals surface area contributed by atoms with Gasteiger partial charge in [-0.25, -0.2) is 0 Å². The van der Waals surface area contributed by atoms with Crippen LogP contribution in [0.15, 0.2) is 18.5 Å². The highest BCUT2D eigenvalue weighted by Crippen LogP contribution is 2.26. The Morgan fingerprint density at radius 3 is 3.25 bits per heavy atom. The van der Waals surface area contributed by atoms with Gasteiger partial charge in [-0.1, -0.05) is 0 Å². The number of aromatic amines is 1. The summed E-state index contributed by atoms with van der Waals surface area (Å²) in [6, 6.07) is 3.75. The van der Waals surface area contributed by atoms with Gasteiger partial charge in [-0.05, 0) is 50.4 Å². The van der Waals surface area contributed by atoms with Crippen molar-refractivity contribution in [2.45, 2.75) is 44.3 Å². The Morgan fingerprint density at radius 1 is 1.38 bits per heavy atom. The average Bonchev–Trinajstić information content (AvgIpc) is 2.97. The lowest BCUT2D eigenvalue weighted by Crippen LogP contribution is -2.45. The van der Waals surface area contributed by atoms with Gasteiger partial charge in [0.05, 0.1) is 0 Å². The van der Waals surface area contributed by atoms with Crippen LogP contribution in [-0.4, -0.2) is 35.1 Å². The third-order valence-electron chi connectivity index (χ3n) is 4.08. The Balaban J connectivity index is 1.49. The molecule has 1 aromatic heterocycles. The first kappa shape index (κ1) is 10.4. The summed E-state index contributed by atoms with van der Waals surface area (Å²) >= 11 is 0. The lowest BCUT2D eigenvalue weighted by Gasteiger charge is -2.35. The predicted octanol–water partition coefficient (Wildman–Crippen LogP) is 1.73. The van der Waals surface area contributed by atoms with E-state index in [0.717, 1.165) is 18.6 Å². The van der Waals surface area contributed by atoms with Crippen molar-refractivity contribution in [2.75, 3.05) is 13.1 Å². The minimum absolute atomic E-state index is 0.731. The molecule has 16 heavy (non-hydrogen) atoms. The number of piperidine rings is 1. The van der Waals surface area contributed by atoms with Gasteiger partial charge in [0.1, 0.15) is 0 Å². The average molecular weight is 219 g/mol. The van der Waals surface area contributed by atoms with Crippen molar-refractivity contribution in [2.24, 2.45) is 0 Å². The molecule has 2 fully saturated rings. The summed E-state index contributed by atoms with van der Waals surface area (Å²) in [5, 5.41) is 3.69. The van der Waals surface area contributed by atoms with E-state index in [1.54, 1.807) is 0 Å². The summed E-state index contributed by atoms with van der Waals surface area (Å²) in [7, 11) is 0. The molecule has 0 radical (unpaired) electrons. The van der Waals surface area contributed by atoms with Gasteiger partial charge >= 0.3 is 0 Å². The van der Waals surface area contributed by atoms with Crippen LogP contribution in [0.5, 0.6) is 0 Å². The van der Waals surface area contributed by atoms with Gasteiger partial charge in [0.25, 0.3) is 0 Å². The molecule has 0 saturated carbocycles. The van der Waals surface area contributed by atoms with E-state index in [-0.39, 0.29) is 0 Å². The normalized spacial score (nSPS) is 30.5. The molecule has 1 aromatic rings. The van der Waals surface area contributed by atoms with Gasteiger partial charge in [-0.2, -0.15) is 0 Å². The number of hydrogen-bond donors (Lipinski definition) is 2. The maximum atomic E-state index is 3.69. The first-order valence-corrected chi connectivity index (χ1v) is 6.51. The predicted molar refractivity (Wildman–Crippen MR) is 65.2 cm³/mol. The van der Waals surface area contributed by atoms with Gasteiger partial charge in [0, 0.05) is 31.0 Å². The fourth-order valence-corrected chi connectivity index (χ4v) is 3.14. The summed E-state index contributed by atoms with van der Waals surface area (Å²) in [6.45, 7) is 3.66. The summed E-state index contributed by atoms with van der Waals surface area (Å²) < 4.78 is 0. The molecule has 3 heterocycles. The highest BCUT2D eigenvalue weighted by atomic mass is 15.2. The molecule has 0 aliphatic carbocycles. The Labute approximate surface area is 97.2 Å². The van der Waals surface area contributed by atoms with Crippen molar-refractivity contribution in [3.05, 3.63) is 24.0 Å².